The summed E-state index contributed by atoms with van der Waals surface area (Å²) in [4.78, 5) is 22.4. The van der Waals surface area contributed by atoms with E-state index in [0.717, 1.165) is 36.8 Å². The van der Waals surface area contributed by atoms with Crippen LogP contribution in [0.5, 0.6) is 0 Å². The zero-order valence-electron chi connectivity index (χ0n) is 12.0. The van der Waals surface area contributed by atoms with Crippen LogP contribution in [0.4, 0.5) is 0 Å². The first kappa shape index (κ1) is 21.7. The maximum absolute atomic E-state index is 11.2. The molecule has 24 heavy (non-hydrogen) atoms. The van der Waals surface area contributed by atoms with E-state index < -0.39 is 32.2 Å². The highest BCUT2D eigenvalue weighted by atomic mass is 32.2. The van der Waals surface area contributed by atoms with Crippen molar-refractivity contribution in [1.29, 1.82) is 0 Å². The lowest BCUT2D eigenvalue weighted by Gasteiger charge is -1.98. The highest BCUT2D eigenvalue weighted by Gasteiger charge is 2.07. The van der Waals surface area contributed by atoms with Crippen molar-refractivity contribution >= 4 is 32.2 Å². The van der Waals surface area contributed by atoms with Gasteiger partial charge in [0.05, 0.1) is 36.2 Å². The number of hydrogen-bond donors (Lipinski definition) is 2. The lowest BCUT2D eigenvalue weighted by atomic mass is 10.3. The molecule has 0 bridgehead atoms. The van der Waals surface area contributed by atoms with Gasteiger partial charge in [0.2, 0.25) is 0 Å². The van der Waals surface area contributed by atoms with Gasteiger partial charge in [0.25, 0.3) is 20.2 Å². The van der Waals surface area contributed by atoms with Crippen molar-refractivity contribution in [2.45, 2.75) is 12.8 Å². The van der Waals surface area contributed by atoms with Gasteiger partial charge in [-0.2, -0.15) is 16.8 Å². The van der Waals surface area contributed by atoms with Crippen LogP contribution in [0, 0.1) is 0 Å². The van der Waals surface area contributed by atoms with Crippen LogP contribution < -0.4 is 0 Å². The molecule has 0 amide bonds. The van der Waals surface area contributed by atoms with Crippen LogP contribution in [0.25, 0.3) is 0 Å². The van der Waals surface area contributed by atoms with Crippen molar-refractivity contribution in [2.75, 3.05) is 0 Å². The molecule has 0 fully saturated rings. The maximum Gasteiger partial charge on any atom is 0.311 e. The van der Waals surface area contributed by atoms with Crippen LogP contribution in [0.2, 0.25) is 0 Å². The molecule has 0 atom stereocenters. The van der Waals surface area contributed by atoms with Gasteiger partial charge in [-0.05, 0) is 24.3 Å². The van der Waals surface area contributed by atoms with Gasteiger partial charge in [0.1, 0.15) is 0 Å². The molecule has 0 radical (unpaired) electrons. The molecule has 0 aromatic rings. The topological polar surface area (TPSA) is 161 Å². The molecule has 0 aromatic heterocycles. The van der Waals surface area contributed by atoms with Gasteiger partial charge in [-0.25, -0.2) is 0 Å². The predicted molar refractivity (Wildman–Crippen MR) is 81.1 cm³/mol. The van der Waals surface area contributed by atoms with Crippen LogP contribution in [-0.4, -0.2) is 37.9 Å². The fourth-order valence-electron chi connectivity index (χ4n) is 0.932. The minimum Gasteiger partial charge on any atom is -0.434 e. The molecular formula is C12H14O10S2. The molecule has 2 N–H and O–H groups in total. The summed E-state index contributed by atoms with van der Waals surface area (Å²) in [6.07, 6.45) is 4.98. The average molecular weight is 382 g/mol. The average Bonchev–Trinajstić information content (AvgIpc) is 2.42. The summed E-state index contributed by atoms with van der Waals surface area (Å²) in [6, 6.07) is 0. The lowest BCUT2D eigenvalue weighted by Crippen LogP contribution is -2.06. The van der Waals surface area contributed by atoms with E-state index in [0.29, 0.717) is 10.8 Å². The van der Waals surface area contributed by atoms with E-state index in [1.165, 1.54) is 0 Å². The smallest absolute Gasteiger partial charge is 0.311 e. The lowest BCUT2D eigenvalue weighted by molar-refractivity contribution is -0.144. The second-order valence-electron chi connectivity index (χ2n) is 3.82. The Labute approximate surface area is 138 Å². The van der Waals surface area contributed by atoms with Crippen molar-refractivity contribution < 1.29 is 45.0 Å². The van der Waals surface area contributed by atoms with Gasteiger partial charge in [-0.3, -0.25) is 18.7 Å². The van der Waals surface area contributed by atoms with E-state index in [-0.39, 0.29) is 12.8 Å². The molecule has 0 aliphatic heterocycles. The largest absolute Gasteiger partial charge is 0.434 e. The first-order valence-corrected chi connectivity index (χ1v) is 9.00. The second kappa shape index (κ2) is 10.5. The van der Waals surface area contributed by atoms with Crippen molar-refractivity contribution in [3.8, 4) is 0 Å². The summed E-state index contributed by atoms with van der Waals surface area (Å²) in [6.45, 7) is 0. The van der Waals surface area contributed by atoms with Crippen molar-refractivity contribution in [1.82, 2.24) is 0 Å². The Kier molecular flexibility index (Phi) is 9.49. The summed E-state index contributed by atoms with van der Waals surface area (Å²) < 4.78 is 67.0. The van der Waals surface area contributed by atoms with Crippen LogP contribution in [0.15, 0.2) is 47.6 Å². The van der Waals surface area contributed by atoms with Crippen LogP contribution in [-0.2, 0) is 39.3 Å². The molecule has 12 heteroatoms. The molecule has 134 valence electrons. The highest BCUT2D eigenvalue weighted by Crippen LogP contribution is 1.98. The minimum atomic E-state index is -4.26. The molecule has 0 saturated heterocycles. The quantitative estimate of drug-likeness (QED) is 0.251. The zero-order valence-corrected chi connectivity index (χ0v) is 13.6. The Balaban J connectivity index is 4.04. The number of allylic oxidation sites excluding steroid dienone is 4. The van der Waals surface area contributed by atoms with Gasteiger partial charge in [-0.15, -0.1) is 0 Å². The Hall–Kier alpha value is -2.28. The zero-order chi connectivity index (χ0) is 18.6. The molecule has 0 unspecified atom stereocenters. The number of ether oxygens (including phenoxy) is 2. The summed E-state index contributed by atoms with van der Waals surface area (Å²) >= 11 is 0. The van der Waals surface area contributed by atoms with Gasteiger partial charge in [0.15, 0.2) is 0 Å². The Morgan fingerprint density at radius 2 is 1.04 bits per heavy atom. The molecule has 0 rings (SSSR count). The maximum atomic E-state index is 11.2. The number of hydrogen-bond acceptors (Lipinski definition) is 8. The Morgan fingerprint density at radius 3 is 1.33 bits per heavy atom. The first-order valence-electron chi connectivity index (χ1n) is 6.00. The fraction of sp³-hybridized carbons (Fsp3) is 0.167. The number of rotatable bonds is 9. The van der Waals surface area contributed by atoms with E-state index in [1.54, 1.807) is 0 Å². The summed E-state index contributed by atoms with van der Waals surface area (Å²) in [5.41, 5.74) is 0. The monoisotopic (exact) mass is 382 g/mol. The van der Waals surface area contributed by atoms with Gasteiger partial charge in [0, 0.05) is 0 Å². The molecule has 0 aliphatic carbocycles. The minimum absolute atomic E-state index is 0.320. The molecule has 0 saturated carbocycles. The molecule has 0 spiro atoms. The summed E-state index contributed by atoms with van der Waals surface area (Å²) in [5.74, 6) is -1.59. The SMILES string of the molecule is O=C(CCC(=O)OC=CC=CS(=O)(=O)O)OC=CC=CS(=O)(=O)O. The third-order valence-electron chi connectivity index (χ3n) is 1.81. The van der Waals surface area contributed by atoms with Crippen LogP contribution in [0.3, 0.4) is 0 Å². The van der Waals surface area contributed by atoms with Crippen LogP contribution in [0.1, 0.15) is 12.8 Å². The van der Waals surface area contributed by atoms with E-state index in [2.05, 4.69) is 9.47 Å². The molecule has 0 aliphatic rings. The van der Waals surface area contributed by atoms with Crippen molar-refractivity contribution in [3.63, 3.8) is 0 Å². The van der Waals surface area contributed by atoms with Crippen LogP contribution >= 0.6 is 0 Å². The Bertz CT molecular complexity index is 688. The van der Waals surface area contributed by atoms with Crippen molar-refractivity contribution in [2.24, 2.45) is 0 Å². The summed E-state index contributed by atoms with van der Waals surface area (Å²) in [7, 11) is -8.52. The number of esters is 2. The highest BCUT2D eigenvalue weighted by molar-refractivity contribution is 7.89. The summed E-state index contributed by atoms with van der Waals surface area (Å²) in [5, 5.41) is 0.940. The predicted octanol–water partition coefficient (Wildman–Crippen LogP) is 0.683. The van der Waals surface area contributed by atoms with Gasteiger partial charge < -0.3 is 9.47 Å². The third-order valence-corrected chi connectivity index (χ3v) is 2.81. The van der Waals surface area contributed by atoms with Crippen molar-refractivity contribution in [3.05, 3.63) is 47.6 Å². The van der Waals surface area contributed by atoms with Gasteiger partial charge in [-0.1, -0.05) is 0 Å². The molecule has 0 heterocycles. The Morgan fingerprint density at radius 1 is 0.708 bits per heavy atom. The molecule has 10 nitrogen and oxygen atoms in total. The number of carbonyl (C=O) groups excluding carboxylic acids is 2. The number of carbonyl (C=O) groups is 2. The van der Waals surface area contributed by atoms with E-state index in [4.69, 9.17) is 9.11 Å². The van der Waals surface area contributed by atoms with E-state index in [9.17, 15) is 26.4 Å². The fourth-order valence-corrected chi connectivity index (χ4v) is 1.51. The third kappa shape index (κ3) is 16.1. The van der Waals surface area contributed by atoms with E-state index >= 15 is 0 Å². The standard InChI is InChI=1S/C12H14O10S2/c13-11(21-7-1-3-9-23(15,16)17)5-6-12(14)22-8-2-4-10-24(18,19)20/h1-4,7-10H,5-6H2,(H,15,16,17)(H,18,19,20). The molecule has 0 aromatic carbocycles. The normalized spacial score (nSPS) is 13.2. The molecular weight excluding hydrogens is 368 g/mol. The van der Waals surface area contributed by atoms with E-state index in [1.807, 2.05) is 0 Å². The second-order valence-corrected chi connectivity index (χ2v) is 6.43. The van der Waals surface area contributed by atoms with Gasteiger partial charge >= 0.3 is 11.9 Å². The first-order chi connectivity index (χ1) is 11.0.